The summed E-state index contributed by atoms with van der Waals surface area (Å²) in [6.45, 7) is 2.54. The maximum absolute atomic E-state index is 11.5. The summed E-state index contributed by atoms with van der Waals surface area (Å²) in [5.74, 6) is 1.01. The summed E-state index contributed by atoms with van der Waals surface area (Å²) in [4.78, 5) is 11.5. The van der Waals surface area contributed by atoms with Gasteiger partial charge in [0.1, 0.15) is 11.6 Å². The molecule has 16 heavy (non-hydrogen) atoms. The molecule has 5 nitrogen and oxygen atoms in total. The molecule has 0 atom stereocenters. The van der Waals surface area contributed by atoms with Crippen LogP contribution in [0.15, 0.2) is 29.4 Å². The van der Waals surface area contributed by atoms with Crippen LogP contribution in [0.4, 0.5) is 5.69 Å². The van der Waals surface area contributed by atoms with Crippen molar-refractivity contribution < 1.29 is 9.53 Å². The molecule has 1 heterocycles. The molecule has 2 N–H and O–H groups in total. The van der Waals surface area contributed by atoms with Gasteiger partial charge in [0.15, 0.2) is 0 Å². The summed E-state index contributed by atoms with van der Waals surface area (Å²) in [6.07, 6.45) is 0.188. The Kier molecular flexibility index (Phi) is 2.76. The summed E-state index contributed by atoms with van der Waals surface area (Å²) in [7, 11) is 0. The number of carbonyl (C=O) groups is 1. The zero-order valence-corrected chi connectivity index (χ0v) is 9.01. The number of benzene rings is 1. The molecule has 1 amide bonds. The topological polar surface area (TPSA) is 67.9 Å². The molecular formula is C11H13N3O2. The molecule has 0 saturated heterocycles. The highest BCUT2D eigenvalue weighted by Crippen LogP contribution is 2.22. The monoisotopic (exact) mass is 219 g/mol. The van der Waals surface area contributed by atoms with Gasteiger partial charge >= 0.3 is 0 Å². The zero-order chi connectivity index (χ0) is 11.5. The van der Waals surface area contributed by atoms with Crippen LogP contribution >= 0.6 is 0 Å². The van der Waals surface area contributed by atoms with Gasteiger partial charge in [0.05, 0.1) is 18.7 Å². The lowest BCUT2D eigenvalue weighted by molar-refractivity contribution is -0.116. The predicted octanol–water partition coefficient (Wildman–Crippen LogP) is 1.09. The molecule has 0 unspecified atom stereocenters. The number of hydrogen-bond donors (Lipinski definition) is 1. The van der Waals surface area contributed by atoms with Crippen LogP contribution in [0, 0.1) is 0 Å². The summed E-state index contributed by atoms with van der Waals surface area (Å²) in [5, 5.41) is 5.26. The Morgan fingerprint density at radius 2 is 2.12 bits per heavy atom. The van der Waals surface area contributed by atoms with Gasteiger partial charge in [-0.25, -0.2) is 0 Å². The van der Waals surface area contributed by atoms with Crippen LogP contribution in [0.1, 0.15) is 13.3 Å². The molecule has 84 valence electrons. The fourth-order valence-corrected chi connectivity index (χ4v) is 1.50. The molecule has 2 rings (SSSR count). The largest absolute Gasteiger partial charge is 0.494 e. The Bertz CT molecular complexity index is 425. The lowest BCUT2D eigenvalue weighted by Crippen LogP contribution is -2.19. The number of carbonyl (C=O) groups excluding carboxylic acids is 1. The highest BCUT2D eigenvalue weighted by Gasteiger charge is 2.23. The first-order chi connectivity index (χ1) is 7.70. The molecule has 0 saturated carbocycles. The molecule has 0 radical (unpaired) electrons. The molecule has 1 aliphatic heterocycles. The molecule has 1 aromatic carbocycles. The van der Waals surface area contributed by atoms with Gasteiger partial charge in [-0.1, -0.05) is 0 Å². The Balaban J connectivity index is 2.19. The molecule has 0 bridgehead atoms. The number of hydrogen-bond acceptors (Lipinski definition) is 4. The van der Waals surface area contributed by atoms with E-state index in [0.717, 1.165) is 5.75 Å². The van der Waals surface area contributed by atoms with Gasteiger partial charge in [-0.3, -0.25) is 4.79 Å². The lowest BCUT2D eigenvalue weighted by Gasteiger charge is -2.11. The average molecular weight is 219 g/mol. The van der Waals surface area contributed by atoms with Gasteiger partial charge < -0.3 is 10.5 Å². The second kappa shape index (κ2) is 4.22. The van der Waals surface area contributed by atoms with Crippen molar-refractivity contribution in [1.82, 2.24) is 0 Å². The van der Waals surface area contributed by atoms with Crippen LogP contribution in [0.2, 0.25) is 0 Å². The van der Waals surface area contributed by atoms with E-state index < -0.39 is 0 Å². The summed E-state index contributed by atoms with van der Waals surface area (Å²) < 4.78 is 5.31. The molecule has 5 heteroatoms. The molecule has 0 aromatic heterocycles. The maximum atomic E-state index is 11.5. The van der Waals surface area contributed by atoms with E-state index in [9.17, 15) is 4.79 Å². The maximum Gasteiger partial charge on any atom is 0.255 e. The molecule has 0 spiro atoms. The zero-order valence-electron chi connectivity index (χ0n) is 9.01. The normalized spacial score (nSPS) is 15.2. The van der Waals surface area contributed by atoms with Crippen LogP contribution in [0.5, 0.6) is 5.75 Å². The van der Waals surface area contributed by atoms with Crippen LogP contribution in [-0.4, -0.2) is 18.3 Å². The van der Waals surface area contributed by atoms with Crippen molar-refractivity contribution >= 4 is 17.4 Å². The lowest BCUT2D eigenvalue weighted by atomic mass is 10.3. The highest BCUT2D eigenvalue weighted by atomic mass is 16.5. The standard InChI is InChI=1S/C11H13N3O2/c1-2-16-9-5-3-8(4-6-9)14-11(15)7-10(12)13-14/h3-6H,2,7H2,1H3,(H2,12,13). The second-order valence-corrected chi connectivity index (χ2v) is 3.40. The summed E-state index contributed by atoms with van der Waals surface area (Å²) >= 11 is 0. The van der Waals surface area contributed by atoms with Crippen molar-refractivity contribution in [2.24, 2.45) is 10.8 Å². The van der Waals surface area contributed by atoms with Gasteiger partial charge in [0.2, 0.25) is 0 Å². The van der Waals surface area contributed by atoms with E-state index in [0.29, 0.717) is 18.1 Å². The van der Waals surface area contributed by atoms with Crippen molar-refractivity contribution in [1.29, 1.82) is 0 Å². The van der Waals surface area contributed by atoms with E-state index in [-0.39, 0.29) is 12.3 Å². The fraction of sp³-hybridized carbons (Fsp3) is 0.273. The van der Waals surface area contributed by atoms with Gasteiger partial charge in [0, 0.05) is 0 Å². The average Bonchev–Trinajstić information content (AvgIpc) is 2.59. The van der Waals surface area contributed by atoms with E-state index in [2.05, 4.69) is 5.10 Å². The quantitative estimate of drug-likeness (QED) is 0.827. The van der Waals surface area contributed by atoms with Crippen LogP contribution in [0.25, 0.3) is 0 Å². The first-order valence-electron chi connectivity index (χ1n) is 5.09. The number of amidine groups is 1. The third kappa shape index (κ3) is 1.98. The van der Waals surface area contributed by atoms with E-state index in [1.807, 2.05) is 6.92 Å². The molecule has 0 fully saturated rings. The van der Waals surface area contributed by atoms with Gasteiger partial charge in [-0.15, -0.1) is 0 Å². The number of amides is 1. The summed E-state index contributed by atoms with van der Waals surface area (Å²) in [6, 6.07) is 7.17. The van der Waals surface area contributed by atoms with Gasteiger partial charge in [0.25, 0.3) is 5.91 Å². The van der Waals surface area contributed by atoms with Crippen LogP contribution < -0.4 is 15.5 Å². The minimum atomic E-state index is -0.110. The Morgan fingerprint density at radius 3 is 2.62 bits per heavy atom. The van der Waals surface area contributed by atoms with E-state index in [1.54, 1.807) is 24.3 Å². The van der Waals surface area contributed by atoms with Crippen LogP contribution in [0.3, 0.4) is 0 Å². The molecule has 0 aliphatic carbocycles. The van der Waals surface area contributed by atoms with Crippen molar-refractivity contribution in [2.45, 2.75) is 13.3 Å². The molecular weight excluding hydrogens is 206 g/mol. The number of hydrazone groups is 1. The molecule has 1 aliphatic rings. The summed E-state index contributed by atoms with van der Waals surface area (Å²) in [5.41, 5.74) is 6.20. The predicted molar refractivity (Wildman–Crippen MR) is 61.3 cm³/mol. The third-order valence-corrected chi connectivity index (χ3v) is 2.19. The Hall–Kier alpha value is -2.04. The Morgan fingerprint density at radius 1 is 1.44 bits per heavy atom. The smallest absolute Gasteiger partial charge is 0.255 e. The van der Waals surface area contributed by atoms with E-state index >= 15 is 0 Å². The highest BCUT2D eigenvalue weighted by molar-refractivity contribution is 6.11. The van der Waals surface area contributed by atoms with Crippen molar-refractivity contribution in [2.75, 3.05) is 11.6 Å². The Labute approximate surface area is 93.5 Å². The van der Waals surface area contributed by atoms with Gasteiger partial charge in [-0.2, -0.15) is 10.1 Å². The fourth-order valence-electron chi connectivity index (χ4n) is 1.50. The van der Waals surface area contributed by atoms with Crippen molar-refractivity contribution in [3.63, 3.8) is 0 Å². The number of nitrogens with zero attached hydrogens (tertiary/aromatic N) is 2. The SMILES string of the molecule is CCOc1ccc(N2N=C(N)CC2=O)cc1. The minimum Gasteiger partial charge on any atom is -0.494 e. The van der Waals surface area contributed by atoms with Crippen molar-refractivity contribution in [3.8, 4) is 5.75 Å². The van der Waals surface area contributed by atoms with Crippen LogP contribution in [-0.2, 0) is 4.79 Å². The number of nitrogens with two attached hydrogens (primary N) is 1. The first-order valence-corrected chi connectivity index (χ1v) is 5.09. The van der Waals surface area contributed by atoms with Gasteiger partial charge in [-0.05, 0) is 31.2 Å². The number of anilines is 1. The minimum absolute atomic E-state index is 0.110. The first kappa shape index (κ1) is 10.5. The number of ether oxygens (including phenoxy) is 1. The third-order valence-electron chi connectivity index (χ3n) is 2.19. The second-order valence-electron chi connectivity index (χ2n) is 3.40. The molecule has 1 aromatic rings. The van der Waals surface area contributed by atoms with E-state index in [4.69, 9.17) is 10.5 Å². The van der Waals surface area contributed by atoms with E-state index in [1.165, 1.54) is 5.01 Å². The van der Waals surface area contributed by atoms with Crippen molar-refractivity contribution in [3.05, 3.63) is 24.3 Å². The number of rotatable bonds is 3.